The van der Waals surface area contributed by atoms with Gasteiger partial charge in [-0.1, -0.05) is 6.07 Å². The zero-order valence-corrected chi connectivity index (χ0v) is 14.5. The smallest absolute Gasteiger partial charge is 0.356 e. The van der Waals surface area contributed by atoms with Crippen LogP contribution in [0.3, 0.4) is 0 Å². The second kappa shape index (κ2) is 7.69. The number of anilines is 1. The molecule has 0 saturated carbocycles. The van der Waals surface area contributed by atoms with Crippen molar-refractivity contribution >= 4 is 30.1 Å². The van der Waals surface area contributed by atoms with Crippen LogP contribution in [0.1, 0.15) is 16.9 Å². The zero-order chi connectivity index (χ0) is 18.7. The standard InChI is InChI=1S/C11H11FN4O2.C6H5FS/c12-7-3-4-15(6-7)10-2-1-9-13-5-8(11(17)18)16(9)14-10;7-5-2-1-3-6(8)4-5/h1-2,5,7H,3-4,6H2,(H,17,18);1-4,8H. The van der Waals surface area contributed by atoms with Crippen LogP contribution < -0.4 is 4.90 Å². The molecule has 1 fully saturated rings. The maximum Gasteiger partial charge on any atom is 0.356 e. The molecule has 1 aliphatic heterocycles. The number of carboxylic acid groups (broad SMARTS) is 1. The van der Waals surface area contributed by atoms with Crippen LogP contribution in [-0.4, -0.2) is 44.9 Å². The summed E-state index contributed by atoms with van der Waals surface area (Å²) in [7, 11) is 0. The molecule has 136 valence electrons. The topological polar surface area (TPSA) is 70.7 Å². The molecule has 3 aromatic rings. The highest BCUT2D eigenvalue weighted by molar-refractivity contribution is 7.80. The van der Waals surface area contributed by atoms with E-state index in [0.29, 0.717) is 35.9 Å². The van der Waals surface area contributed by atoms with E-state index in [9.17, 15) is 13.6 Å². The molecule has 1 saturated heterocycles. The first-order chi connectivity index (χ1) is 12.4. The third-order valence-corrected chi connectivity index (χ3v) is 4.11. The number of carbonyl (C=O) groups is 1. The summed E-state index contributed by atoms with van der Waals surface area (Å²) >= 11 is 3.91. The molecule has 4 rings (SSSR count). The predicted molar refractivity (Wildman–Crippen MR) is 95.3 cm³/mol. The molecule has 9 heteroatoms. The highest BCUT2D eigenvalue weighted by atomic mass is 32.1. The molecule has 1 aliphatic rings. The van der Waals surface area contributed by atoms with Crippen molar-refractivity contribution in [1.29, 1.82) is 0 Å². The van der Waals surface area contributed by atoms with E-state index < -0.39 is 12.1 Å². The summed E-state index contributed by atoms with van der Waals surface area (Å²) in [5, 5.41) is 13.2. The molecule has 0 bridgehead atoms. The molecule has 1 atom stereocenters. The lowest BCUT2D eigenvalue weighted by Gasteiger charge is -2.15. The van der Waals surface area contributed by atoms with E-state index >= 15 is 0 Å². The number of nitrogens with zero attached hydrogens (tertiary/aromatic N) is 4. The van der Waals surface area contributed by atoms with Crippen LogP contribution in [0.4, 0.5) is 14.6 Å². The number of benzene rings is 1. The van der Waals surface area contributed by atoms with Gasteiger partial charge in [0, 0.05) is 11.4 Å². The van der Waals surface area contributed by atoms with Gasteiger partial charge in [0.15, 0.2) is 11.3 Å². The van der Waals surface area contributed by atoms with Gasteiger partial charge in [0.05, 0.1) is 12.7 Å². The van der Waals surface area contributed by atoms with Crippen LogP contribution in [0.15, 0.2) is 47.5 Å². The van der Waals surface area contributed by atoms with E-state index in [0.717, 1.165) is 0 Å². The van der Waals surface area contributed by atoms with Crippen LogP contribution in [0.25, 0.3) is 5.65 Å². The zero-order valence-electron chi connectivity index (χ0n) is 13.6. The lowest BCUT2D eigenvalue weighted by atomic mass is 10.3. The molecular formula is C17H16F2N4O2S. The highest BCUT2D eigenvalue weighted by Gasteiger charge is 2.23. The summed E-state index contributed by atoms with van der Waals surface area (Å²) < 4.78 is 26.5. The number of imidazole rings is 1. The lowest BCUT2D eigenvalue weighted by Crippen LogP contribution is -2.22. The molecule has 0 radical (unpaired) electrons. The van der Waals surface area contributed by atoms with Crippen molar-refractivity contribution in [1.82, 2.24) is 14.6 Å². The number of alkyl halides is 1. The van der Waals surface area contributed by atoms with Crippen LogP contribution in [0.5, 0.6) is 0 Å². The second-order valence-electron chi connectivity index (χ2n) is 5.72. The molecule has 0 aliphatic carbocycles. The fraction of sp³-hybridized carbons (Fsp3) is 0.235. The van der Waals surface area contributed by atoms with Gasteiger partial charge in [-0.05, 0) is 36.8 Å². The summed E-state index contributed by atoms with van der Waals surface area (Å²) in [6, 6.07) is 9.51. The van der Waals surface area contributed by atoms with Crippen molar-refractivity contribution in [3.05, 3.63) is 54.1 Å². The van der Waals surface area contributed by atoms with Gasteiger partial charge in [0.1, 0.15) is 17.8 Å². The van der Waals surface area contributed by atoms with Crippen LogP contribution in [-0.2, 0) is 0 Å². The fourth-order valence-corrected chi connectivity index (χ4v) is 2.79. The number of thiol groups is 1. The first-order valence-corrected chi connectivity index (χ1v) is 8.30. The summed E-state index contributed by atoms with van der Waals surface area (Å²) in [4.78, 5) is 17.4. The molecule has 0 amide bonds. The average Bonchev–Trinajstić information content (AvgIpc) is 3.20. The Balaban J connectivity index is 0.000000206. The Hall–Kier alpha value is -2.68. The van der Waals surface area contributed by atoms with Crippen molar-refractivity contribution in [3.63, 3.8) is 0 Å². The maximum absolute atomic E-state index is 13.1. The molecular weight excluding hydrogens is 362 g/mol. The molecule has 3 heterocycles. The van der Waals surface area contributed by atoms with E-state index in [2.05, 4.69) is 22.7 Å². The normalized spacial score (nSPS) is 16.4. The first-order valence-electron chi connectivity index (χ1n) is 7.85. The minimum atomic E-state index is -1.09. The summed E-state index contributed by atoms with van der Waals surface area (Å²) in [6.45, 7) is 0.895. The maximum atomic E-state index is 13.1. The predicted octanol–water partition coefficient (Wildman–Crippen LogP) is 3.09. The lowest BCUT2D eigenvalue weighted by molar-refractivity contribution is 0.0688. The van der Waals surface area contributed by atoms with E-state index in [1.54, 1.807) is 29.2 Å². The minimum absolute atomic E-state index is 0.00263. The van der Waals surface area contributed by atoms with Gasteiger partial charge in [-0.15, -0.1) is 17.7 Å². The summed E-state index contributed by atoms with van der Waals surface area (Å²) in [5.41, 5.74) is 0.468. The monoisotopic (exact) mass is 378 g/mol. The summed E-state index contributed by atoms with van der Waals surface area (Å²) in [6.07, 6.45) is 0.899. The Morgan fingerprint density at radius 1 is 1.31 bits per heavy atom. The Kier molecular flexibility index (Phi) is 5.36. The van der Waals surface area contributed by atoms with E-state index in [1.165, 1.54) is 22.8 Å². The van der Waals surface area contributed by atoms with Gasteiger partial charge in [-0.3, -0.25) is 0 Å². The number of aromatic carboxylic acids is 1. The number of hydrogen-bond donors (Lipinski definition) is 2. The number of halogens is 2. The highest BCUT2D eigenvalue weighted by Crippen LogP contribution is 2.20. The van der Waals surface area contributed by atoms with Crippen molar-refractivity contribution < 1.29 is 18.7 Å². The van der Waals surface area contributed by atoms with Gasteiger partial charge in [0.25, 0.3) is 0 Å². The SMILES string of the molecule is Fc1cccc(S)c1.O=C(O)c1cnc2ccc(N3CCC(F)C3)nn12. The Labute approximate surface area is 153 Å². The average molecular weight is 378 g/mol. The molecule has 1 unspecified atom stereocenters. The van der Waals surface area contributed by atoms with Gasteiger partial charge in [-0.25, -0.2) is 23.1 Å². The molecule has 26 heavy (non-hydrogen) atoms. The van der Waals surface area contributed by atoms with Crippen molar-refractivity contribution in [3.8, 4) is 0 Å². The molecule has 2 aromatic heterocycles. The number of fused-ring (bicyclic) bond motifs is 1. The van der Waals surface area contributed by atoms with Crippen LogP contribution in [0, 0.1) is 5.82 Å². The Bertz CT molecular complexity index is 917. The Morgan fingerprint density at radius 2 is 2.12 bits per heavy atom. The first kappa shape index (κ1) is 18.1. The Morgan fingerprint density at radius 3 is 2.69 bits per heavy atom. The largest absolute Gasteiger partial charge is 0.476 e. The van der Waals surface area contributed by atoms with Gasteiger partial charge in [-0.2, -0.15) is 0 Å². The van der Waals surface area contributed by atoms with Crippen molar-refractivity contribution in [2.75, 3.05) is 18.0 Å². The van der Waals surface area contributed by atoms with E-state index in [-0.39, 0.29) is 11.5 Å². The molecule has 0 spiro atoms. The number of hydrogen-bond acceptors (Lipinski definition) is 5. The van der Waals surface area contributed by atoms with Gasteiger partial charge >= 0.3 is 5.97 Å². The third-order valence-electron chi connectivity index (χ3n) is 3.83. The minimum Gasteiger partial charge on any atom is -0.476 e. The van der Waals surface area contributed by atoms with Gasteiger partial charge < -0.3 is 10.0 Å². The molecule has 6 nitrogen and oxygen atoms in total. The molecule has 1 aromatic carbocycles. The van der Waals surface area contributed by atoms with Crippen LogP contribution in [0.2, 0.25) is 0 Å². The fourth-order valence-electron chi connectivity index (χ4n) is 2.58. The number of aromatic nitrogens is 3. The van der Waals surface area contributed by atoms with Crippen LogP contribution >= 0.6 is 12.6 Å². The summed E-state index contributed by atoms with van der Waals surface area (Å²) in [5.74, 6) is -0.752. The number of rotatable bonds is 2. The second-order valence-corrected chi connectivity index (χ2v) is 6.24. The number of carboxylic acids is 1. The van der Waals surface area contributed by atoms with Crippen molar-refractivity contribution in [2.45, 2.75) is 17.5 Å². The molecule has 1 N–H and O–H groups in total. The van der Waals surface area contributed by atoms with E-state index in [4.69, 9.17) is 5.11 Å². The third kappa shape index (κ3) is 4.10. The van der Waals surface area contributed by atoms with E-state index in [1.807, 2.05) is 0 Å². The quantitative estimate of drug-likeness (QED) is 0.671. The van der Waals surface area contributed by atoms with Crippen molar-refractivity contribution in [2.24, 2.45) is 0 Å². The van der Waals surface area contributed by atoms with Gasteiger partial charge in [0.2, 0.25) is 0 Å².